The maximum absolute atomic E-state index is 9.63. The largest absolute Gasteiger partial charge is 0.510 e. The number of aliphatic hydroxyl groups excluding tert-OH is 1. The van der Waals surface area contributed by atoms with Gasteiger partial charge in [0.05, 0.1) is 13.2 Å². The van der Waals surface area contributed by atoms with Crippen LogP contribution in [0, 0.1) is 0 Å². The van der Waals surface area contributed by atoms with Crippen molar-refractivity contribution in [2.75, 3.05) is 7.11 Å². The molecule has 0 saturated carbocycles. The quantitative estimate of drug-likeness (QED) is 0.818. The average Bonchev–Trinajstić information content (AvgIpc) is 2.37. The summed E-state index contributed by atoms with van der Waals surface area (Å²) in [7, 11) is 1.59. The maximum atomic E-state index is 9.63. The van der Waals surface area contributed by atoms with Crippen LogP contribution in [0.3, 0.4) is 0 Å². The van der Waals surface area contributed by atoms with Gasteiger partial charge in [0.15, 0.2) is 0 Å². The molecule has 1 unspecified atom stereocenters. The number of hydrogen-bond acceptors (Lipinski definition) is 3. The number of rotatable bonds is 2. The molecule has 17 heavy (non-hydrogen) atoms. The van der Waals surface area contributed by atoms with Gasteiger partial charge in [0.25, 0.3) is 0 Å². The Labute approximate surface area is 101 Å². The third kappa shape index (κ3) is 2.40. The van der Waals surface area contributed by atoms with Gasteiger partial charge in [-0.05, 0) is 23.8 Å². The molecule has 3 N–H and O–H groups in total. The first-order chi connectivity index (χ1) is 8.22. The van der Waals surface area contributed by atoms with E-state index in [4.69, 9.17) is 10.5 Å². The molecule has 0 aliphatic heterocycles. The molecule has 3 nitrogen and oxygen atoms in total. The van der Waals surface area contributed by atoms with Crippen LogP contribution in [-0.2, 0) is 4.74 Å². The second-order valence-electron chi connectivity index (χ2n) is 3.81. The molecule has 1 aliphatic rings. The topological polar surface area (TPSA) is 55.5 Å². The molecule has 1 atom stereocenters. The number of allylic oxidation sites excluding steroid dienone is 2. The highest BCUT2D eigenvalue weighted by atomic mass is 16.5. The Balaban J connectivity index is 2.40. The molecule has 0 fully saturated rings. The van der Waals surface area contributed by atoms with E-state index in [0.29, 0.717) is 5.76 Å². The molecule has 0 radical (unpaired) electrons. The number of hydrogen-bond donors (Lipinski definition) is 2. The first kappa shape index (κ1) is 11.5. The van der Waals surface area contributed by atoms with Crippen LogP contribution in [0.4, 0.5) is 0 Å². The van der Waals surface area contributed by atoms with Gasteiger partial charge < -0.3 is 15.6 Å². The van der Waals surface area contributed by atoms with E-state index in [1.165, 1.54) is 0 Å². The lowest BCUT2D eigenvalue weighted by Gasteiger charge is -2.21. The van der Waals surface area contributed by atoms with Crippen molar-refractivity contribution in [3.63, 3.8) is 0 Å². The summed E-state index contributed by atoms with van der Waals surface area (Å²) in [6.45, 7) is 0. The molecule has 88 valence electrons. The normalized spacial score (nSPS) is 22.0. The zero-order valence-corrected chi connectivity index (χ0v) is 9.63. The number of ether oxygens (including phenoxy) is 1. The lowest BCUT2D eigenvalue weighted by molar-refractivity contribution is 0.288. The summed E-state index contributed by atoms with van der Waals surface area (Å²) in [5.41, 5.74) is 7.73. The molecule has 1 aromatic carbocycles. The zero-order valence-electron chi connectivity index (χ0n) is 9.63. The number of benzene rings is 1. The van der Waals surface area contributed by atoms with Crippen molar-refractivity contribution in [3.05, 3.63) is 65.1 Å². The van der Waals surface area contributed by atoms with Crippen LogP contribution in [0.2, 0.25) is 0 Å². The van der Waals surface area contributed by atoms with E-state index < -0.39 is 6.04 Å². The third-order valence-corrected chi connectivity index (χ3v) is 2.69. The lowest BCUT2D eigenvalue weighted by atomic mass is 9.96. The van der Waals surface area contributed by atoms with E-state index in [2.05, 4.69) is 0 Å². The summed E-state index contributed by atoms with van der Waals surface area (Å²) in [4.78, 5) is 0. The minimum atomic E-state index is -0.532. The van der Waals surface area contributed by atoms with Gasteiger partial charge in [0, 0.05) is 5.57 Å². The predicted octanol–water partition coefficient (Wildman–Crippen LogP) is 2.38. The van der Waals surface area contributed by atoms with Gasteiger partial charge >= 0.3 is 0 Å². The molecular formula is C14H15NO2. The fraction of sp³-hybridized carbons (Fsp3) is 0.143. The van der Waals surface area contributed by atoms with E-state index >= 15 is 0 Å². The van der Waals surface area contributed by atoms with Crippen molar-refractivity contribution in [3.8, 4) is 0 Å². The summed E-state index contributed by atoms with van der Waals surface area (Å²) in [5, 5.41) is 9.63. The van der Waals surface area contributed by atoms with E-state index in [0.717, 1.165) is 11.1 Å². The molecule has 0 spiro atoms. The van der Waals surface area contributed by atoms with Gasteiger partial charge in [0.1, 0.15) is 11.5 Å². The van der Waals surface area contributed by atoms with Gasteiger partial charge in [-0.15, -0.1) is 0 Å². The monoisotopic (exact) mass is 229 g/mol. The van der Waals surface area contributed by atoms with E-state index in [1.807, 2.05) is 36.4 Å². The minimum absolute atomic E-state index is 0.146. The van der Waals surface area contributed by atoms with Crippen LogP contribution in [0.5, 0.6) is 0 Å². The van der Waals surface area contributed by atoms with Gasteiger partial charge in [-0.1, -0.05) is 30.3 Å². The molecule has 2 rings (SSSR count). The van der Waals surface area contributed by atoms with E-state index in [1.54, 1.807) is 19.3 Å². The van der Waals surface area contributed by atoms with Crippen molar-refractivity contribution in [1.82, 2.24) is 0 Å². The molecule has 1 aliphatic carbocycles. The zero-order chi connectivity index (χ0) is 12.3. The van der Waals surface area contributed by atoms with Crippen LogP contribution < -0.4 is 5.73 Å². The highest BCUT2D eigenvalue weighted by molar-refractivity contribution is 5.62. The molecule has 3 heteroatoms. The van der Waals surface area contributed by atoms with Gasteiger partial charge in [-0.3, -0.25) is 0 Å². The number of aliphatic hydroxyl groups is 1. The third-order valence-electron chi connectivity index (χ3n) is 2.69. The smallest absolute Gasteiger partial charge is 0.124 e. The summed E-state index contributed by atoms with van der Waals surface area (Å²) in [6.07, 6.45) is 5.20. The van der Waals surface area contributed by atoms with Crippen molar-refractivity contribution in [1.29, 1.82) is 0 Å². The Kier molecular flexibility index (Phi) is 3.30. The molecule has 0 bridgehead atoms. The standard InChI is InChI=1S/C14H15NO2/c1-17-13-8-7-12(16)14(15)11(13)9-10-5-3-2-4-6-10/h2-9,14,16H,15H2,1H3. The van der Waals surface area contributed by atoms with Gasteiger partial charge in [0.2, 0.25) is 0 Å². The average molecular weight is 229 g/mol. The Morgan fingerprint density at radius 2 is 1.94 bits per heavy atom. The fourth-order valence-electron chi connectivity index (χ4n) is 1.75. The SMILES string of the molecule is COC1=CC=C(O)C(N)C1=Cc1ccccc1. The Bertz CT molecular complexity index is 486. The summed E-state index contributed by atoms with van der Waals surface area (Å²) in [6, 6.07) is 9.27. The fourth-order valence-corrected chi connectivity index (χ4v) is 1.75. The first-order valence-electron chi connectivity index (χ1n) is 5.40. The van der Waals surface area contributed by atoms with Crippen molar-refractivity contribution in [2.24, 2.45) is 5.73 Å². The second-order valence-corrected chi connectivity index (χ2v) is 3.81. The summed E-state index contributed by atoms with van der Waals surface area (Å²) in [5.74, 6) is 0.826. The van der Waals surface area contributed by atoms with Crippen molar-refractivity contribution < 1.29 is 9.84 Å². The van der Waals surface area contributed by atoms with Crippen LogP contribution >= 0.6 is 0 Å². The summed E-state index contributed by atoms with van der Waals surface area (Å²) < 4.78 is 5.25. The van der Waals surface area contributed by atoms with E-state index in [9.17, 15) is 5.11 Å². The molecular weight excluding hydrogens is 214 g/mol. The summed E-state index contributed by atoms with van der Waals surface area (Å²) >= 11 is 0. The lowest BCUT2D eigenvalue weighted by Crippen LogP contribution is -2.28. The van der Waals surface area contributed by atoms with Gasteiger partial charge in [-0.25, -0.2) is 0 Å². The molecule has 0 amide bonds. The highest BCUT2D eigenvalue weighted by Gasteiger charge is 2.21. The maximum Gasteiger partial charge on any atom is 0.124 e. The molecule has 0 saturated heterocycles. The minimum Gasteiger partial charge on any atom is -0.510 e. The molecule has 1 aromatic rings. The second kappa shape index (κ2) is 4.89. The Morgan fingerprint density at radius 1 is 1.24 bits per heavy atom. The molecule has 0 heterocycles. The Hall–Kier alpha value is -2.00. The van der Waals surface area contributed by atoms with Crippen LogP contribution in [0.1, 0.15) is 5.56 Å². The molecule has 0 aromatic heterocycles. The van der Waals surface area contributed by atoms with E-state index in [-0.39, 0.29) is 5.76 Å². The predicted molar refractivity (Wildman–Crippen MR) is 68.2 cm³/mol. The Morgan fingerprint density at radius 3 is 2.59 bits per heavy atom. The van der Waals surface area contributed by atoms with Crippen molar-refractivity contribution in [2.45, 2.75) is 6.04 Å². The van der Waals surface area contributed by atoms with Crippen molar-refractivity contribution >= 4 is 6.08 Å². The van der Waals surface area contributed by atoms with Crippen LogP contribution in [0.15, 0.2) is 59.6 Å². The van der Waals surface area contributed by atoms with Gasteiger partial charge in [-0.2, -0.15) is 0 Å². The van der Waals surface area contributed by atoms with Crippen LogP contribution in [0.25, 0.3) is 6.08 Å². The highest BCUT2D eigenvalue weighted by Crippen LogP contribution is 2.25. The first-order valence-corrected chi connectivity index (χ1v) is 5.40. The number of methoxy groups -OCH3 is 1. The van der Waals surface area contributed by atoms with Crippen LogP contribution in [-0.4, -0.2) is 18.3 Å². The number of nitrogens with two attached hydrogens (primary N) is 1.